The van der Waals surface area contributed by atoms with Crippen molar-refractivity contribution in [2.45, 2.75) is 26.4 Å². The molecule has 0 bridgehead atoms. The van der Waals surface area contributed by atoms with Crippen molar-refractivity contribution in [2.75, 3.05) is 7.05 Å². The van der Waals surface area contributed by atoms with Crippen molar-refractivity contribution < 1.29 is 14.0 Å². The fourth-order valence-corrected chi connectivity index (χ4v) is 1.79. The predicted molar refractivity (Wildman–Crippen MR) is 66.2 cm³/mol. The molecule has 0 aromatic carbocycles. The molecule has 0 aliphatic heterocycles. The van der Waals surface area contributed by atoms with E-state index in [1.807, 2.05) is 0 Å². The number of nitrogens with zero attached hydrogens (tertiary/aromatic N) is 1. The third kappa shape index (κ3) is 4.22. The fourth-order valence-electron chi connectivity index (χ4n) is 1.45. The maximum atomic E-state index is 11.8. The first-order valence-electron chi connectivity index (χ1n) is 5.16. The van der Waals surface area contributed by atoms with E-state index in [0.717, 1.165) is 0 Å². The van der Waals surface area contributed by atoms with Crippen molar-refractivity contribution >= 4 is 27.7 Å². The normalized spacial score (nSPS) is 12.0. The molecule has 17 heavy (non-hydrogen) atoms. The molecule has 1 aromatic rings. The van der Waals surface area contributed by atoms with Gasteiger partial charge in [-0.05, 0) is 35.0 Å². The maximum Gasteiger partial charge on any atom is 0.245 e. The van der Waals surface area contributed by atoms with E-state index < -0.39 is 6.04 Å². The van der Waals surface area contributed by atoms with Gasteiger partial charge < -0.3 is 14.6 Å². The smallest absolute Gasteiger partial charge is 0.245 e. The van der Waals surface area contributed by atoms with E-state index in [9.17, 15) is 9.59 Å². The van der Waals surface area contributed by atoms with E-state index in [2.05, 4.69) is 21.2 Å². The highest BCUT2D eigenvalue weighted by atomic mass is 79.9. The number of carbonyl (C=O) groups excluding carboxylic acids is 2. The highest BCUT2D eigenvalue weighted by molar-refractivity contribution is 9.10. The zero-order valence-corrected chi connectivity index (χ0v) is 11.6. The zero-order valence-electron chi connectivity index (χ0n) is 9.99. The lowest BCUT2D eigenvalue weighted by Crippen LogP contribution is -2.44. The van der Waals surface area contributed by atoms with Gasteiger partial charge in [-0.3, -0.25) is 9.59 Å². The molecule has 0 radical (unpaired) electrons. The Bertz CT molecular complexity index is 417. The highest BCUT2D eigenvalue weighted by Crippen LogP contribution is 2.15. The van der Waals surface area contributed by atoms with Crippen molar-refractivity contribution in [1.82, 2.24) is 10.2 Å². The second-order valence-corrected chi connectivity index (χ2v) is 4.60. The SMILES string of the molecule is CC(=O)NC(C)C(=O)N(C)Cc1ccc(Br)o1. The van der Waals surface area contributed by atoms with E-state index in [0.29, 0.717) is 17.0 Å². The first-order valence-corrected chi connectivity index (χ1v) is 5.95. The van der Waals surface area contributed by atoms with E-state index in [-0.39, 0.29) is 11.8 Å². The Balaban J connectivity index is 2.55. The molecule has 1 heterocycles. The van der Waals surface area contributed by atoms with Gasteiger partial charge in [-0.15, -0.1) is 0 Å². The summed E-state index contributed by atoms with van der Waals surface area (Å²) in [6.07, 6.45) is 0. The molecule has 0 fully saturated rings. The van der Waals surface area contributed by atoms with E-state index in [1.54, 1.807) is 26.1 Å². The van der Waals surface area contributed by atoms with Gasteiger partial charge in [-0.1, -0.05) is 0 Å². The minimum atomic E-state index is -0.532. The summed E-state index contributed by atoms with van der Waals surface area (Å²) < 4.78 is 5.93. The molecule has 0 spiro atoms. The minimum Gasteiger partial charge on any atom is -0.452 e. The Labute approximate surface area is 108 Å². The van der Waals surface area contributed by atoms with Crippen LogP contribution in [0.25, 0.3) is 0 Å². The van der Waals surface area contributed by atoms with Crippen LogP contribution >= 0.6 is 15.9 Å². The molecule has 0 aliphatic rings. The van der Waals surface area contributed by atoms with Crippen molar-refractivity contribution in [3.63, 3.8) is 0 Å². The quantitative estimate of drug-likeness (QED) is 0.917. The third-order valence-electron chi connectivity index (χ3n) is 2.19. The van der Waals surface area contributed by atoms with Gasteiger partial charge in [-0.25, -0.2) is 0 Å². The summed E-state index contributed by atoms with van der Waals surface area (Å²) in [5, 5.41) is 2.54. The summed E-state index contributed by atoms with van der Waals surface area (Å²) in [7, 11) is 1.66. The predicted octanol–water partition coefficient (Wildman–Crippen LogP) is 1.53. The number of amides is 2. The van der Waals surface area contributed by atoms with Crippen LogP contribution in [0.5, 0.6) is 0 Å². The lowest BCUT2D eigenvalue weighted by Gasteiger charge is -2.20. The Morgan fingerprint density at radius 2 is 2.18 bits per heavy atom. The van der Waals surface area contributed by atoms with E-state index in [1.165, 1.54) is 11.8 Å². The van der Waals surface area contributed by atoms with Gasteiger partial charge in [0.05, 0.1) is 6.54 Å². The number of halogens is 1. The molecule has 0 saturated heterocycles. The Hall–Kier alpha value is -1.30. The molecule has 1 atom stereocenters. The van der Waals surface area contributed by atoms with Crippen LogP contribution in [0.4, 0.5) is 0 Å². The average molecular weight is 303 g/mol. The maximum absolute atomic E-state index is 11.8. The molecule has 0 aliphatic carbocycles. The number of likely N-dealkylation sites (N-methyl/N-ethyl adjacent to an activating group) is 1. The van der Waals surface area contributed by atoms with Gasteiger partial charge in [0.25, 0.3) is 0 Å². The summed E-state index contributed by atoms with van der Waals surface area (Å²) in [4.78, 5) is 24.2. The van der Waals surface area contributed by atoms with Crippen LogP contribution in [-0.2, 0) is 16.1 Å². The zero-order chi connectivity index (χ0) is 13.0. The van der Waals surface area contributed by atoms with E-state index >= 15 is 0 Å². The van der Waals surface area contributed by atoms with Gasteiger partial charge in [0, 0.05) is 14.0 Å². The number of hydrogen-bond acceptors (Lipinski definition) is 3. The molecule has 1 N–H and O–H groups in total. The summed E-state index contributed by atoms with van der Waals surface area (Å²) in [5.41, 5.74) is 0. The van der Waals surface area contributed by atoms with Gasteiger partial charge >= 0.3 is 0 Å². The summed E-state index contributed by atoms with van der Waals surface area (Å²) in [6.45, 7) is 3.40. The number of furan rings is 1. The van der Waals surface area contributed by atoms with Crippen LogP contribution < -0.4 is 5.32 Å². The third-order valence-corrected chi connectivity index (χ3v) is 2.61. The molecule has 1 unspecified atom stereocenters. The molecule has 1 rings (SSSR count). The first kappa shape index (κ1) is 13.8. The van der Waals surface area contributed by atoms with Gasteiger partial charge in [0.1, 0.15) is 11.8 Å². The average Bonchev–Trinajstić information content (AvgIpc) is 2.61. The van der Waals surface area contributed by atoms with Crippen molar-refractivity contribution in [1.29, 1.82) is 0 Å². The molecular formula is C11H15BrN2O3. The van der Waals surface area contributed by atoms with Crippen molar-refractivity contribution in [3.05, 3.63) is 22.6 Å². The van der Waals surface area contributed by atoms with Crippen molar-refractivity contribution in [3.8, 4) is 0 Å². The topological polar surface area (TPSA) is 62.6 Å². The molecule has 94 valence electrons. The molecule has 5 nitrogen and oxygen atoms in total. The second-order valence-electron chi connectivity index (χ2n) is 3.82. The molecular weight excluding hydrogens is 288 g/mol. The second kappa shape index (κ2) is 5.86. The highest BCUT2D eigenvalue weighted by Gasteiger charge is 2.18. The Morgan fingerprint density at radius 3 is 2.65 bits per heavy atom. The Kier molecular flexibility index (Phi) is 4.74. The number of hydrogen-bond donors (Lipinski definition) is 1. The molecule has 6 heteroatoms. The van der Waals surface area contributed by atoms with Crippen LogP contribution in [0, 0.1) is 0 Å². The number of rotatable bonds is 4. The van der Waals surface area contributed by atoms with Crippen LogP contribution in [0.2, 0.25) is 0 Å². The first-order chi connectivity index (χ1) is 7.90. The molecule has 2 amide bonds. The van der Waals surface area contributed by atoms with Crippen LogP contribution in [-0.4, -0.2) is 29.8 Å². The van der Waals surface area contributed by atoms with Crippen LogP contribution in [0.1, 0.15) is 19.6 Å². The fraction of sp³-hybridized carbons (Fsp3) is 0.455. The largest absolute Gasteiger partial charge is 0.452 e. The number of nitrogens with one attached hydrogen (secondary N) is 1. The number of carbonyl (C=O) groups is 2. The lowest BCUT2D eigenvalue weighted by atomic mass is 10.3. The molecule has 0 saturated carbocycles. The Morgan fingerprint density at radius 1 is 1.53 bits per heavy atom. The van der Waals surface area contributed by atoms with Gasteiger partial charge in [0.2, 0.25) is 11.8 Å². The van der Waals surface area contributed by atoms with Crippen LogP contribution in [0.15, 0.2) is 21.2 Å². The summed E-state index contributed by atoms with van der Waals surface area (Å²) in [5.74, 6) is 0.301. The monoisotopic (exact) mass is 302 g/mol. The van der Waals surface area contributed by atoms with Gasteiger partial charge in [-0.2, -0.15) is 0 Å². The van der Waals surface area contributed by atoms with Crippen LogP contribution in [0.3, 0.4) is 0 Å². The standard InChI is InChI=1S/C11H15BrN2O3/c1-7(13-8(2)15)11(16)14(3)6-9-4-5-10(12)17-9/h4-5,7H,6H2,1-3H3,(H,13,15). The summed E-state index contributed by atoms with van der Waals surface area (Å²) in [6, 6.07) is 3.03. The lowest BCUT2D eigenvalue weighted by molar-refractivity contribution is -0.135. The summed E-state index contributed by atoms with van der Waals surface area (Å²) >= 11 is 3.19. The van der Waals surface area contributed by atoms with Crippen molar-refractivity contribution in [2.24, 2.45) is 0 Å². The molecule has 1 aromatic heterocycles. The minimum absolute atomic E-state index is 0.160. The van der Waals surface area contributed by atoms with Gasteiger partial charge in [0.15, 0.2) is 4.67 Å². The van der Waals surface area contributed by atoms with E-state index in [4.69, 9.17) is 4.42 Å².